The molecule has 22 heavy (non-hydrogen) atoms. The summed E-state index contributed by atoms with van der Waals surface area (Å²) in [5.74, 6) is 0. The van der Waals surface area contributed by atoms with Gasteiger partial charge in [-0.15, -0.1) is 0 Å². The number of sulfonamides is 1. The molecule has 0 amide bonds. The Balaban J connectivity index is 1.84. The number of rotatable bonds is 3. The molecule has 1 atom stereocenters. The quantitative estimate of drug-likeness (QED) is 0.845. The number of halogens is 1. The minimum Gasteiger partial charge on any atom is -0.299 e. The topological polar surface area (TPSA) is 64.4 Å². The van der Waals surface area contributed by atoms with Gasteiger partial charge in [-0.25, -0.2) is 8.42 Å². The van der Waals surface area contributed by atoms with Gasteiger partial charge in [0.15, 0.2) is 0 Å². The third kappa shape index (κ3) is 2.86. The highest BCUT2D eigenvalue weighted by atomic mass is 35.5. The predicted molar refractivity (Wildman–Crippen MR) is 84.1 cm³/mol. The zero-order valence-electron chi connectivity index (χ0n) is 12.2. The van der Waals surface area contributed by atoms with Crippen LogP contribution in [0.5, 0.6) is 0 Å². The molecule has 3 rings (SSSR count). The largest absolute Gasteiger partial charge is 0.299 e. The second kappa shape index (κ2) is 6.17. The van der Waals surface area contributed by atoms with Gasteiger partial charge in [0.1, 0.15) is 11.0 Å². The van der Waals surface area contributed by atoms with Crippen LogP contribution in [-0.2, 0) is 10.0 Å². The summed E-state index contributed by atoms with van der Waals surface area (Å²) in [5.41, 5.74) is 0.108. The van der Waals surface area contributed by atoms with E-state index in [9.17, 15) is 13.7 Å². The maximum absolute atomic E-state index is 12.8. The van der Waals surface area contributed by atoms with Crippen molar-refractivity contribution in [3.63, 3.8) is 0 Å². The predicted octanol–water partition coefficient (Wildman–Crippen LogP) is 2.07. The van der Waals surface area contributed by atoms with Gasteiger partial charge in [-0.3, -0.25) is 4.90 Å². The number of likely N-dealkylation sites (tertiary alicyclic amines) is 1. The van der Waals surface area contributed by atoms with E-state index in [1.807, 2.05) is 6.07 Å². The molecule has 118 valence electrons. The van der Waals surface area contributed by atoms with Crippen molar-refractivity contribution in [3.8, 4) is 6.07 Å². The molecular formula is C15H18ClN3O2S. The van der Waals surface area contributed by atoms with Crippen molar-refractivity contribution in [2.75, 3.05) is 26.2 Å². The second-order valence-corrected chi connectivity index (χ2v) is 8.14. The maximum Gasteiger partial charge on any atom is 0.244 e. The van der Waals surface area contributed by atoms with Crippen molar-refractivity contribution in [2.24, 2.45) is 0 Å². The zero-order valence-corrected chi connectivity index (χ0v) is 13.8. The Bertz CT molecular complexity index is 708. The molecule has 1 aromatic carbocycles. The van der Waals surface area contributed by atoms with Gasteiger partial charge in [0.05, 0.1) is 5.56 Å². The van der Waals surface area contributed by atoms with Crippen LogP contribution in [0.4, 0.5) is 0 Å². The van der Waals surface area contributed by atoms with Crippen LogP contribution in [0.1, 0.15) is 24.8 Å². The first-order valence-electron chi connectivity index (χ1n) is 7.46. The summed E-state index contributed by atoms with van der Waals surface area (Å²) in [6.45, 7) is 3.14. The molecule has 0 bridgehead atoms. The summed E-state index contributed by atoms with van der Waals surface area (Å²) in [6, 6.07) is 6.58. The molecule has 0 aromatic heterocycles. The van der Waals surface area contributed by atoms with E-state index in [-0.39, 0.29) is 10.5 Å². The van der Waals surface area contributed by atoms with E-state index in [4.69, 9.17) is 11.6 Å². The average molecular weight is 340 g/mol. The van der Waals surface area contributed by atoms with E-state index >= 15 is 0 Å². The van der Waals surface area contributed by atoms with E-state index in [0.29, 0.717) is 24.2 Å². The van der Waals surface area contributed by atoms with Crippen molar-refractivity contribution in [2.45, 2.75) is 30.2 Å². The molecule has 2 fully saturated rings. The minimum absolute atomic E-state index is 0.0569. The lowest BCUT2D eigenvalue weighted by Gasteiger charge is -2.23. The van der Waals surface area contributed by atoms with E-state index < -0.39 is 10.0 Å². The number of nitrogens with zero attached hydrogens (tertiary/aromatic N) is 3. The van der Waals surface area contributed by atoms with Crippen molar-refractivity contribution >= 4 is 21.6 Å². The first-order valence-corrected chi connectivity index (χ1v) is 9.28. The Morgan fingerprint density at radius 1 is 1.23 bits per heavy atom. The van der Waals surface area contributed by atoms with Crippen LogP contribution < -0.4 is 0 Å². The molecule has 5 nitrogen and oxygen atoms in total. The molecule has 0 aliphatic carbocycles. The lowest BCUT2D eigenvalue weighted by Crippen LogP contribution is -2.37. The van der Waals surface area contributed by atoms with Crippen LogP contribution >= 0.6 is 11.6 Å². The van der Waals surface area contributed by atoms with Gasteiger partial charge >= 0.3 is 0 Å². The molecule has 2 aliphatic heterocycles. The molecular weight excluding hydrogens is 322 g/mol. The highest BCUT2D eigenvalue weighted by Crippen LogP contribution is 2.28. The summed E-state index contributed by atoms with van der Waals surface area (Å²) < 4.78 is 27.1. The fourth-order valence-electron chi connectivity index (χ4n) is 3.29. The molecule has 0 saturated carbocycles. The van der Waals surface area contributed by atoms with Gasteiger partial charge in [0.25, 0.3) is 0 Å². The summed E-state index contributed by atoms with van der Waals surface area (Å²) in [7, 11) is -3.64. The molecule has 0 radical (unpaired) electrons. The van der Waals surface area contributed by atoms with E-state index in [1.165, 1.54) is 35.3 Å². The smallest absolute Gasteiger partial charge is 0.244 e. The van der Waals surface area contributed by atoms with Crippen molar-refractivity contribution < 1.29 is 8.42 Å². The molecule has 0 spiro atoms. The Hall–Kier alpha value is -1.13. The second-order valence-electron chi connectivity index (χ2n) is 5.80. The number of hydrogen-bond donors (Lipinski definition) is 0. The van der Waals surface area contributed by atoms with Crippen LogP contribution in [0, 0.1) is 11.3 Å². The molecule has 0 unspecified atom stereocenters. The Morgan fingerprint density at radius 2 is 1.95 bits per heavy atom. The Kier molecular flexibility index (Phi) is 4.42. The summed E-state index contributed by atoms with van der Waals surface area (Å²) >= 11 is 5.85. The molecule has 1 aromatic rings. The summed E-state index contributed by atoms with van der Waals surface area (Å²) in [5, 5.41) is 9.54. The minimum atomic E-state index is -3.64. The molecule has 0 N–H and O–H groups in total. The SMILES string of the molecule is N#Cc1cc(Cl)ccc1S(=O)(=O)N1CC[C@H](N2CCCC2)C1. The van der Waals surface area contributed by atoms with Gasteiger partial charge < -0.3 is 0 Å². The summed E-state index contributed by atoms with van der Waals surface area (Å²) in [6.07, 6.45) is 3.24. The molecule has 2 aliphatic rings. The van der Waals surface area contributed by atoms with Gasteiger partial charge in [-0.2, -0.15) is 9.57 Å². The fourth-order valence-corrected chi connectivity index (χ4v) is 5.07. The van der Waals surface area contributed by atoms with Crippen LogP contribution in [0.2, 0.25) is 5.02 Å². The first-order chi connectivity index (χ1) is 10.5. The van der Waals surface area contributed by atoms with Gasteiger partial charge in [-0.05, 0) is 50.6 Å². The monoisotopic (exact) mass is 339 g/mol. The van der Waals surface area contributed by atoms with E-state index in [2.05, 4.69) is 4.90 Å². The normalized spacial score (nSPS) is 23.7. The van der Waals surface area contributed by atoms with Crippen LogP contribution in [0.15, 0.2) is 23.1 Å². The fraction of sp³-hybridized carbons (Fsp3) is 0.533. The number of benzene rings is 1. The zero-order chi connectivity index (χ0) is 15.7. The number of hydrogen-bond acceptors (Lipinski definition) is 4. The van der Waals surface area contributed by atoms with Crippen molar-refractivity contribution in [1.29, 1.82) is 5.26 Å². The Morgan fingerprint density at radius 3 is 2.64 bits per heavy atom. The maximum atomic E-state index is 12.8. The third-order valence-corrected chi connectivity index (χ3v) is 6.62. The van der Waals surface area contributed by atoms with Crippen LogP contribution in [0.25, 0.3) is 0 Å². The lowest BCUT2D eigenvalue weighted by atomic mass is 10.2. The van der Waals surface area contributed by atoms with Gasteiger partial charge in [-0.1, -0.05) is 11.6 Å². The highest BCUT2D eigenvalue weighted by Gasteiger charge is 2.36. The third-order valence-electron chi connectivity index (χ3n) is 4.46. The molecule has 2 saturated heterocycles. The average Bonchev–Trinajstić information content (AvgIpc) is 3.17. The van der Waals surface area contributed by atoms with Gasteiger partial charge in [0, 0.05) is 24.2 Å². The van der Waals surface area contributed by atoms with Crippen molar-refractivity contribution in [3.05, 3.63) is 28.8 Å². The molecule has 2 heterocycles. The van der Waals surface area contributed by atoms with Crippen LogP contribution in [-0.4, -0.2) is 49.8 Å². The van der Waals surface area contributed by atoms with Gasteiger partial charge in [0.2, 0.25) is 10.0 Å². The van der Waals surface area contributed by atoms with Crippen LogP contribution in [0.3, 0.4) is 0 Å². The first kappa shape index (κ1) is 15.8. The standard InChI is InChI=1S/C15H18ClN3O2S/c16-13-3-4-15(12(9-13)10-17)22(20,21)19-8-5-14(11-19)18-6-1-2-7-18/h3-4,9,14H,1-2,5-8,11H2/t14-/m0/s1. The molecule has 7 heteroatoms. The Labute approximate surface area is 136 Å². The van der Waals surface area contributed by atoms with E-state index in [1.54, 1.807) is 0 Å². The number of nitriles is 1. The highest BCUT2D eigenvalue weighted by molar-refractivity contribution is 7.89. The lowest BCUT2D eigenvalue weighted by molar-refractivity contribution is 0.251. The summed E-state index contributed by atoms with van der Waals surface area (Å²) in [4.78, 5) is 2.43. The van der Waals surface area contributed by atoms with E-state index in [0.717, 1.165) is 19.5 Å². The van der Waals surface area contributed by atoms with Crippen molar-refractivity contribution in [1.82, 2.24) is 9.21 Å².